The summed E-state index contributed by atoms with van der Waals surface area (Å²) in [6, 6.07) is 0. The monoisotopic (exact) mass is 267 g/mol. The number of thioether (sulfide) groups is 1. The van der Waals surface area contributed by atoms with Crippen LogP contribution in [0.4, 0.5) is 0 Å². The second-order valence-electron chi connectivity index (χ2n) is 3.63. The van der Waals surface area contributed by atoms with Crippen molar-refractivity contribution in [3.63, 3.8) is 0 Å². The molecule has 0 aliphatic carbocycles. The number of hydrogen-bond donors (Lipinski definition) is 0. The highest BCUT2D eigenvalue weighted by molar-refractivity contribution is 8.00. The Bertz CT molecular complexity index is 341. The number of rotatable bonds is 4. The van der Waals surface area contributed by atoms with E-state index in [0.717, 1.165) is 5.75 Å². The Morgan fingerprint density at radius 2 is 2.25 bits per heavy atom. The maximum atomic E-state index is 11.5. The van der Waals surface area contributed by atoms with Gasteiger partial charge in [-0.15, -0.1) is 0 Å². The van der Waals surface area contributed by atoms with E-state index in [9.17, 15) is 13.2 Å². The Labute approximate surface area is 100 Å². The van der Waals surface area contributed by atoms with Gasteiger partial charge in [0.2, 0.25) is 0 Å². The summed E-state index contributed by atoms with van der Waals surface area (Å²) in [5, 5.41) is -0.560. The highest BCUT2D eigenvalue weighted by atomic mass is 32.2. The summed E-state index contributed by atoms with van der Waals surface area (Å²) in [4.78, 5) is 13.0. The molecule has 0 bridgehead atoms. The van der Waals surface area contributed by atoms with Gasteiger partial charge in [-0.05, 0) is 6.92 Å². The lowest BCUT2D eigenvalue weighted by Crippen LogP contribution is -2.49. The zero-order valence-electron chi connectivity index (χ0n) is 9.51. The number of ether oxygens (including phenoxy) is 1. The lowest BCUT2D eigenvalue weighted by Gasteiger charge is -2.32. The second kappa shape index (κ2) is 5.88. The Morgan fingerprint density at radius 3 is 2.81 bits per heavy atom. The second-order valence-corrected chi connectivity index (χ2v) is 6.99. The summed E-state index contributed by atoms with van der Waals surface area (Å²) < 4.78 is 27.9. The SMILES string of the molecule is CCOC(=O)CN1CCSCC1S(C)(=O)=O. The van der Waals surface area contributed by atoms with Crippen LogP contribution >= 0.6 is 11.8 Å². The molecule has 1 aliphatic rings. The minimum Gasteiger partial charge on any atom is -0.465 e. The van der Waals surface area contributed by atoms with Gasteiger partial charge in [0.1, 0.15) is 5.37 Å². The van der Waals surface area contributed by atoms with Gasteiger partial charge in [-0.1, -0.05) is 0 Å². The van der Waals surface area contributed by atoms with Crippen LogP contribution in [0.2, 0.25) is 0 Å². The average molecular weight is 267 g/mol. The van der Waals surface area contributed by atoms with Crippen molar-refractivity contribution in [1.29, 1.82) is 0 Å². The predicted molar refractivity (Wildman–Crippen MR) is 64.2 cm³/mol. The molecule has 0 saturated carbocycles. The molecule has 1 saturated heterocycles. The van der Waals surface area contributed by atoms with Crippen LogP contribution in [-0.4, -0.2) is 62.1 Å². The molecule has 0 aromatic rings. The van der Waals surface area contributed by atoms with Crippen molar-refractivity contribution >= 4 is 27.6 Å². The third kappa shape index (κ3) is 3.95. The highest BCUT2D eigenvalue weighted by Crippen LogP contribution is 2.19. The number of nitrogens with zero attached hydrogens (tertiary/aromatic N) is 1. The van der Waals surface area contributed by atoms with Crippen molar-refractivity contribution < 1.29 is 17.9 Å². The summed E-state index contributed by atoms with van der Waals surface area (Å²) in [5.74, 6) is 1.02. The molecule has 1 unspecified atom stereocenters. The highest BCUT2D eigenvalue weighted by Gasteiger charge is 2.32. The van der Waals surface area contributed by atoms with Gasteiger partial charge < -0.3 is 4.74 Å². The fraction of sp³-hybridized carbons (Fsp3) is 0.889. The van der Waals surface area contributed by atoms with E-state index in [1.807, 2.05) is 0 Å². The molecular weight excluding hydrogens is 250 g/mol. The van der Waals surface area contributed by atoms with E-state index in [-0.39, 0.29) is 12.5 Å². The Hall–Kier alpha value is -0.270. The lowest BCUT2D eigenvalue weighted by atomic mass is 10.4. The van der Waals surface area contributed by atoms with Crippen LogP contribution in [-0.2, 0) is 19.4 Å². The van der Waals surface area contributed by atoms with Crippen molar-refractivity contribution in [2.75, 3.05) is 37.5 Å². The maximum absolute atomic E-state index is 11.5. The molecular formula is C9H17NO4S2. The smallest absolute Gasteiger partial charge is 0.320 e. The topological polar surface area (TPSA) is 63.7 Å². The lowest BCUT2D eigenvalue weighted by molar-refractivity contribution is -0.144. The molecule has 7 heteroatoms. The van der Waals surface area contributed by atoms with Gasteiger partial charge in [-0.25, -0.2) is 8.42 Å². The van der Waals surface area contributed by atoms with E-state index >= 15 is 0 Å². The van der Waals surface area contributed by atoms with Gasteiger partial charge >= 0.3 is 5.97 Å². The molecule has 94 valence electrons. The number of hydrogen-bond acceptors (Lipinski definition) is 6. The molecule has 0 N–H and O–H groups in total. The number of carbonyl (C=O) groups excluding carboxylic acids is 1. The molecule has 0 radical (unpaired) electrons. The Kier molecular flexibility index (Phi) is 5.07. The van der Waals surface area contributed by atoms with Gasteiger partial charge in [0.15, 0.2) is 9.84 Å². The zero-order chi connectivity index (χ0) is 12.2. The molecule has 0 aromatic heterocycles. The number of carbonyl (C=O) groups is 1. The van der Waals surface area contributed by atoms with Crippen molar-refractivity contribution in [2.45, 2.75) is 12.3 Å². The third-order valence-corrected chi connectivity index (χ3v) is 5.01. The van der Waals surface area contributed by atoms with Crippen LogP contribution in [0.5, 0.6) is 0 Å². The summed E-state index contributed by atoms with van der Waals surface area (Å²) in [6.45, 7) is 2.73. The van der Waals surface area contributed by atoms with Gasteiger partial charge in [-0.2, -0.15) is 11.8 Å². The fourth-order valence-corrected chi connectivity index (χ4v) is 4.50. The van der Waals surface area contributed by atoms with Crippen molar-refractivity contribution in [1.82, 2.24) is 4.90 Å². The van der Waals surface area contributed by atoms with E-state index in [1.165, 1.54) is 6.26 Å². The van der Waals surface area contributed by atoms with Crippen LogP contribution in [0.15, 0.2) is 0 Å². The van der Waals surface area contributed by atoms with E-state index in [2.05, 4.69) is 0 Å². The molecule has 1 atom stereocenters. The summed E-state index contributed by atoms with van der Waals surface area (Å²) in [7, 11) is -3.14. The van der Waals surface area contributed by atoms with Crippen molar-refractivity contribution in [3.8, 4) is 0 Å². The van der Waals surface area contributed by atoms with E-state index in [4.69, 9.17) is 4.74 Å². The zero-order valence-corrected chi connectivity index (χ0v) is 11.1. The van der Waals surface area contributed by atoms with E-state index < -0.39 is 15.2 Å². The van der Waals surface area contributed by atoms with Crippen molar-refractivity contribution in [3.05, 3.63) is 0 Å². The molecule has 1 heterocycles. The first kappa shape index (κ1) is 13.8. The summed E-state index contributed by atoms with van der Waals surface area (Å²) >= 11 is 1.60. The maximum Gasteiger partial charge on any atom is 0.320 e. The molecule has 1 aliphatic heterocycles. The standard InChI is InChI=1S/C9H17NO4S2/c1-3-14-9(11)6-10-4-5-15-7-8(10)16(2,12)13/h8H,3-7H2,1-2H3. The Balaban J connectivity index is 2.64. The van der Waals surface area contributed by atoms with E-state index in [1.54, 1.807) is 23.6 Å². The van der Waals surface area contributed by atoms with E-state index in [0.29, 0.717) is 18.9 Å². The van der Waals surface area contributed by atoms with Crippen LogP contribution in [0.3, 0.4) is 0 Å². The fourth-order valence-electron chi connectivity index (χ4n) is 1.56. The largest absolute Gasteiger partial charge is 0.465 e. The average Bonchev–Trinajstić information content (AvgIpc) is 2.17. The molecule has 1 rings (SSSR count). The molecule has 0 spiro atoms. The number of esters is 1. The first-order valence-electron chi connectivity index (χ1n) is 5.11. The Morgan fingerprint density at radius 1 is 1.56 bits per heavy atom. The van der Waals surface area contributed by atoms with Crippen LogP contribution in [0.25, 0.3) is 0 Å². The summed E-state index contributed by atoms with van der Waals surface area (Å²) in [6.07, 6.45) is 1.21. The van der Waals surface area contributed by atoms with Crippen LogP contribution < -0.4 is 0 Å². The van der Waals surface area contributed by atoms with Gasteiger partial charge in [-0.3, -0.25) is 9.69 Å². The minimum absolute atomic E-state index is 0.0616. The van der Waals surface area contributed by atoms with Gasteiger partial charge in [0.25, 0.3) is 0 Å². The molecule has 5 nitrogen and oxygen atoms in total. The molecule has 16 heavy (non-hydrogen) atoms. The molecule has 0 amide bonds. The van der Waals surface area contributed by atoms with Crippen LogP contribution in [0, 0.1) is 0 Å². The quantitative estimate of drug-likeness (QED) is 0.667. The molecule has 0 aromatic carbocycles. The van der Waals surface area contributed by atoms with Gasteiger partial charge in [0.05, 0.1) is 13.2 Å². The third-order valence-electron chi connectivity index (χ3n) is 2.32. The van der Waals surface area contributed by atoms with Gasteiger partial charge in [0, 0.05) is 24.3 Å². The normalized spacial score (nSPS) is 23.0. The number of sulfone groups is 1. The first-order chi connectivity index (χ1) is 7.45. The van der Waals surface area contributed by atoms with Crippen LogP contribution in [0.1, 0.15) is 6.92 Å². The van der Waals surface area contributed by atoms with Crippen molar-refractivity contribution in [2.24, 2.45) is 0 Å². The molecule has 1 fully saturated rings. The minimum atomic E-state index is -3.14. The predicted octanol–water partition coefficient (Wildman–Crippen LogP) is -0.0310. The summed E-state index contributed by atoms with van der Waals surface area (Å²) in [5.41, 5.74) is 0. The first-order valence-corrected chi connectivity index (χ1v) is 8.22.